The number of benzene rings is 2. The van der Waals surface area contributed by atoms with E-state index in [1.807, 2.05) is 0 Å². The highest BCUT2D eigenvalue weighted by atomic mass is 16.3. The van der Waals surface area contributed by atoms with Gasteiger partial charge < -0.3 is 15.5 Å². The lowest BCUT2D eigenvalue weighted by molar-refractivity contribution is -0.121. The van der Waals surface area contributed by atoms with E-state index < -0.39 is 6.04 Å². The van der Waals surface area contributed by atoms with Gasteiger partial charge in [-0.05, 0) is 48.5 Å². The number of phenols is 2. The minimum Gasteiger partial charge on any atom is -0.508 e. The molecule has 1 aliphatic rings. The van der Waals surface area contributed by atoms with E-state index in [9.17, 15) is 19.8 Å². The zero-order valence-electron chi connectivity index (χ0n) is 11.6. The molecule has 6 heteroatoms. The third kappa shape index (κ3) is 2.58. The highest BCUT2D eigenvalue weighted by Gasteiger charge is 2.39. The van der Waals surface area contributed by atoms with Gasteiger partial charge in [0.05, 0.1) is 12.1 Å². The Morgan fingerprint density at radius 2 is 1.45 bits per heavy atom. The van der Waals surface area contributed by atoms with Crippen molar-refractivity contribution in [2.24, 2.45) is 0 Å². The monoisotopic (exact) mass is 298 g/mol. The normalized spacial score (nSPS) is 17.8. The lowest BCUT2D eigenvalue weighted by Crippen LogP contribution is -2.34. The van der Waals surface area contributed by atoms with Crippen molar-refractivity contribution in [3.8, 4) is 11.5 Å². The number of hydrogen-bond donors (Lipinski definition) is 3. The Morgan fingerprint density at radius 3 is 2.05 bits per heavy atom. The fourth-order valence-electron chi connectivity index (χ4n) is 2.38. The summed E-state index contributed by atoms with van der Waals surface area (Å²) < 4.78 is 0. The van der Waals surface area contributed by atoms with Crippen LogP contribution in [0.2, 0.25) is 0 Å². The Bertz CT molecular complexity index is 710. The van der Waals surface area contributed by atoms with Crippen molar-refractivity contribution in [2.45, 2.75) is 12.5 Å². The van der Waals surface area contributed by atoms with E-state index in [-0.39, 0.29) is 29.7 Å². The number of hydrogen-bond acceptors (Lipinski definition) is 5. The molecule has 3 rings (SSSR count). The number of rotatable bonds is 3. The van der Waals surface area contributed by atoms with E-state index >= 15 is 0 Å². The summed E-state index contributed by atoms with van der Waals surface area (Å²) in [5, 5.41) is 21.5. The van der Waals surface area contributed by atoms with Crippen LogP contribution >= 0.6 is 0 Å². The summed E-state index contributed by atoms with van der Waals surface area (Å²) in [7, 11) is 0. The zero-order valence-corrected chi connectivity index (χ0v) is 11.6. The van der Waals surface area contributed by atoms with Crippen molar-refractivity contribution >= 4 is 23.2 Å². The second kappa shape index (κ2) is 5.40. The maximum absolute atomic E-state index is 12.4. The molecule has 3 N–H and O–H groups in total. The third-order valence-corrected chi connectivity index (χ3v) is 3.46. The van der Waals surface area contributed by atoms with Gasteiger partial charge in [0.2, 0.25) is 5.91 Å². The Kier molecular flexibility index (Phi) is 3.42. The summed E-state index contributed by atoms with van der Waals surface area (Å²) in [6, 6.07) is 11.5. The molecule has 1 atom stereocenters. The summed E-state index contributed by atoms with van der Waals surface area (Å²) in [4.78, 5) is 25.6. The molecule has 1 fully saturated rings. The van der Waals surface area contributed by atoms with Crippen molar-refractivity contribution in [2.75, 3.05) is 10.2 Å². The molecular formula is C16H14N2O4. The molecule has 1 heterocycles. The molecule has 1 unspecified atom stereocenters. The molecule has 2 aromatic carbocycles. The molecule has 0 saturated carbocycles. The molecule has 6 nitrogen and oxygen atoms in total. The van der Waals surface area contributed by atoms with Gasteiger partial charge >= 0.3 is 0 Å². The summed E-state index contributed by atoms with van der Waals surface area (Å²) >= 11 is 0. The summed E-state index contributed by atoms with van der Waals surface area (Å²) in [5.74, 6) is -0.442. The fraction of sp³-hybridized carbons (Fsp3) is 0.125. The molecule has 2 amide bonds. The molecule has 22 heavy (non-hydrogen) atoms. The first-order valence-corrected chi connectivity index (χ1v) is 6.76. The van der Waals surface area contributed by atoms with Crippen LogP contribution in [0, 0.1) is 0 Å². The van der Waals surface area contributed by atoms with Gasteiger partial charge in [-0.25, -0.2) is 4.90 Å². The molecular weight excluding hydrogens is 284 g/mol. The van der Waals surface area contributed by atoms with Gasteiger partial charge in [-0.15, -0.1) is 0 Å². The number of carbonyl (C=O) groups is 2. The van der Waals surface area contributed by atoms with Crippen LogP contribution in [0.5, 0.6) is 11.5 Å². The maximum atomic E-state index is 12.4. The number of carbonyl (C=O) groups excluding carboxylic acids is 2. The summed E-state index contributed by atoms with van der Waals surface area (Å²) in [5.41, 5.74) is 1.08. The summed E-state index contributed by atoms with van der Waals surface area (Å²) in [6.45, 7) is 0. The largest absolute Gasteiger partial charge is 0.508 e. The van der Waals surface area contributed by atoms with Crippen LogP contribution < -0.4 is 10.2 Å². The fourth-order valence-corrected chi connectivity index (χ4v) is 2.38. The highest BCUT2D eigenvalue weighted by Crippen LogP contribution is 2.26. The van der Waals surface area contributed by atoms with Crippen LogP contribution in [0.15, 0.2) is 48.5 Å². The lowest BCUT2D eigenvalue weighted by atomic mass is 10.2. The van der Waals surface area contributed by atoms with Crippen molar-refractivity contribution in [3.05, 3.63) is 48.5 Å². The van der Waals surface area contributed by atoms with E-state index in [1.165, 1.54) is 36.4 Å². The second-order valence-corrected chi connectivity index (χ2v) is 5.03. The van der Waals surface area contributed by atoms with E-state index in [2.05, 4.69) is 5.32 Å². The van der Waals surface area contributed by atoms with E-state index in [0.717, 1.165) is 4.90 Å². The molecule has 0 bridgehead atoms. The molecule has 2 aromatic rings. The number of nitrogens with zero attached hydrogens (tertiary/aromatic N) is 1. The number of imide groups is 1. The van der Waals surface area contributed by atoms with Crippen molar-refractivity contribution in [1.29, 1.82) is 0 Å². The number of anilines is 2. The minimum absolute atomic E-state index is 0.0561. The molecule has 112 valence electrons. The minimum atomic E-state index is -0.647. The molecule has 1 saturated heterocycles. The van der Waals surface area contributed by atoms with E-state index in [1.54, 1.807) is 12.1 Å². The Hall–Kier alpha value is -3.02. The average Bonchev–Trinajstić information content (AvgIpc) is 2.77. The zero-order chi connectivity index (χ0) is 15.7. The number of nitrogens with one attached hydrogen (secondary N) is 1. The van der Waals surface area contributed by atoms with Crippen molar-refractivity contribution in [1.82, 2.24) is 0 Å². The standard InChI is InChI=1S/C16H14N2O4/c19-12-5-1-10(2-6-12)17-14-9-15(21)18(16(14)22)11-3-7-13(20)8-4-11/h1-8,14,17,19-20H,9H2. The van der Waals surface area contributed by atoms with Crippen molar-refractivity contribution < 1.29 is 19.8 Å². The van der Waals surface area contributed by atoms with Crippen LogP contribution in [0.3, 0.4) is 0 Å². The summed E-state index contributed by atoms with van der Waals surface area (Å²) in [6.07, 6.45) is 0.0561. The Labute approximate surface area is 126 Å². The van der Waals surface area contributed by atoms with Crippen LogP contribution in [-0.2, 0) is 9.59 Å². The molecule has 1 aliphatic heterocycles. The molecule has 0 spiro atoms. The smallest absolute Gasteiger partial charge is 0.256 e. The lowest BCUT2D eigenvalue weighted by Gasteiger charge is -2.16. The van der Waals surface area contributed by atoms with Crippen LogP contribution in [0.25, 0.3) is 0 Å². The first-order valence-electron chi connectivity index (χ1n) is 6.76. The Balaban J connectivity index is 1.79. The van der Waals surface area contributed by atoms with E-state index in [4.69, 9.17) is 0 Å². The predicted molar refractivity (Wildman–Crippen MR) is 80.7 cm³/mol. The van der Waals surface area contributed by atoms with Gasteiger partial charge in [-0.1, -0.05) is 0 Å². The molecule has 0 aliphatic carbocycles. The van der Waals surface area contributed by atoms with Crippen LogP contribution in [0.1, 0.15) is 6.42 Å². The average molecular weight is 298 g/mol. The van der Waals surface area contributed by atoms with Crippen LogP contribution in [-0.4, -0.2) is 28.1 Å². The van der Waals surface area contributed by atoms with Gasteiger partial charge in [0.25, 0.3) is 5.91 Å². The van der Waals surface area contributed by atoms with Gasteiger partial charge in [-0.3, -0.25) is 9.59 Å². The predicted octanol–water partition coefficient (Wildman–Crippen LogP) is 1.84. The van der Waals surface area contributed by atoms with Crippen LogP contribution in [0.4, 0.5) is 11.4 Å². The first kappa shape index (κ1) is 13.9. The van der Waals surface area contributed by atoms with Gasteiger partial charge in [0.1, 0.15) is 17.5 Å². The number of aromatic hydroxyl groups is 2. The van der Waals surface area contributed by atoms with Crippen molar-refractivity contribution in [3.63, 3.8) is 0 Å². The number of amides is 2. The topological polar surface area (TPSA) is 89.9 Å². The molecule has 0 aromatic heterocycles. The van der Waals surface area contributed by atoms with Gasteiger partial charge in [0, 0.05) is 5.69 Å². The van der Waals surface area contributed by atoms with Gasteiger partial charge in [-0.2, -0.15) is 0 Å². The highest BCUT2D eigenvalue weighted by molar-refractivity contribution is 6.23. The second-order valence-electron chi connectivity index (χ2n) is 5.03. The third-order valence-electron chi connectivity index (χ3n) is 3.46. The molecule has 0 radical (unpaired) electrons. The first-order chi connectivity index (χ1) is 10.5. The Morgan fingerprint density at radius 1 is 0.909 bits per heavy atom. The number of phenolic OH excluding ortho intramolecular Hbond substituents is 2. The SMILES string of the molecule is O=C1CC(Nc2ccc(O)cc2)C(=O)N1c1ccc(O)cc1. The maximum Gasteiger partial charge on any atom is 0.256 e. The van der Waals surface area contributed by atoms with Gasteiger partial charge in [0.15, 0.2) is 0 Å². The van der Waals surface area contributed by atoms with E-state index in [0.29, 0.717) is 11.4 Å². The quantitative estimate of drug-likeness (QED) is 0.594.